The van der Waals surface area contributed by atoms with E-state index < -0.39 is 0 Å². The van der Waals surface area contributed by atoms with Gasteiger partial charge in [0.2, 0.25) is 0 Å². The number of amides is 2. The predicted molar refractivity (Wildman–Crippen MR) is 94.9 cm³/mol. The number of carbonyl (C=O) groups is 1. The maximum Gasteiger partial charge on any atom is 0.317 e. The van der Waals surface area contributed by atoms with Crippen molar-refractivity contribution in [3.8, 4) is 0 Å². The van der Waals surface area contributed by atoms with E-state index in [1.165, 1.54) is 12.3 Å². The highest BCUT2D eigenvalue weighted by Crippen LogP contribution is 2.25. The Morgan fingerprint density at radius 2 is 2.13 bits per heavy atom. The molecule has 2 aliphatic rings. The lowest BCUT2D eigenvalue weighted by molar-refractivity contribution is 0.138. The van der Waals surface area contributed by atoms with E-state index in [0.29, 0.717) is 12.0 Å². The summed E-state index contributed by atoms with van der Waals surface area (Å²) < 4.78 is 0. The zero-order valence-electron chi connectivity index (χ0n) is 13.8. The average Bonchev–Trinajstić information content (AvgIpc) is 2.54. The first-order valence-corrected chi connectivity index (χ1v) is 9.83. The Morgan fingerprint density at radius 1 is 1.35 bits per heavy atom. The molecule has 1 N–H and O–H groups in total. The number of thioether (sulfide) groups is 1. The van der Waals surface area contributed by atoms with Crippen LogP contribution in [0.3, 0.4) is 0 Å². The van der Waals surface area contributed by atoms with Gasteiger partial charge in [-0.25, -0.2) is 4.79 Å². The molecule has 2 amide bonds. The summed E-state index contributed by atoms with van der Waals surface area (Å²) in [5, 5.41) is 3.20. The molecule has 1 aromatic heterocycles. The standard InChI is InChI=1S/C17H26N4OS/c1-23-11-10-20-8-5-15(6-9-20)19-17(22)21-12-14(13-21)16-4-2-3-7-18-16/h2-4,7,14-15H,5-6,8-13H2,1H3,(H,19,22). The maximum absolute atomic E-state index is 12.3. The van der Waals surface area contributed by atoms with E-state index in [2.05, 4.69) is 21.5 Å². The van der Waals surface area contributed by atoms with Crippen molar-refractivity contribution in [2.75, 3.05) is 44.7 Å². The van der Waals surface area contributed by atoms with Crippen LogP contribution in [0.15, 0.2) is 24.4 Å². The number of carbonyl (C=O) groups excluding carboxylic acids is 1. The summed E-state index contributed by atoms with van der Waals surface area (Å²) in [5.41, 5.74) is 1.10. The zero-order chi connectivity index (χ0) is 16.1. The van der Waals surface area contributed by atoms with Gasteiger partial charge in [-0.3, -0.25) is 4.98 Å². The third-order valence-corrected chi connectivity index (χ3v) is 5.39. The molecule has 2 aliphatic heterocycles. The summed E-state index contributed by atoms with van der Waals surface area (Å²) in [6.07, 6.45) is 6.11. The number of rotatable bonds is 5. The average molecular weight is 334 g/mol. The molecule has 0 spiro atoms. The molecule has 0 aromatic carbocycles. The van der Waals surface area contributed by atoms with Crippen LogP contribution in [-0.4, -0.2) is 71.6 Å². The summed E-state index contributed by atoms with van der Waals surface area (Å²) >= 11 is 1.90. The van der Waals surface area contributed by atoms with Gasteiger partial charge in [-0.1, -0.05) is 6.07 Å². The number of nitrogens with zero attached hydrogens (tertiary/aromatic N) is 3. The summed E-state index contributed by atoms with van der Waals surface area (Å²) in [4.78, 5) is 21.1. The van der Waals surface area contributed by atoms with E-state index in [1.807, 2.05) is 41.1 Å². The first-order valence-electron chi connectivity index (χ1n) is 8.44. The molecule has 6 heteroatoms. The fourth-order valence-electron chi connectivity index (χ4n) is 3.24. The maximum atomic E-state index is 12.3. The second kappa shape index (κ2) is 8.02. The van der Waals surface area contributed by atoms with Gasteiger partial charge in [-0.2, -0.15) is 11.8 Å². The van der Waals surface area contributed by atoms with Crippen LogP contribution < -0.4 is 5.32 Å². The second-order valence-electron chi connectivity index (χ2n) is 6.41. The first-order chi connectivity index (χ1) is 11.3. The van der Waals surface area contributed by atoms with E-state index in [0.717, 1.165) is 44.7 Å². The molecule has 0 bridgehead atoms. The predicted octanol–water partition coefficient (Wildman–Crippen LogP) is 2.02. The fourth-order valence-corrected chi connectivity index (χ4v) is 3.68. The lowest BCUT2D eigenvalue weighted by Gasteiger charge is -2.40. The number of piperidine rings is 1. The number of nitrogens with one attached hydrogen (secondary N) is 1. The van der Waals surface area contributed by atoms with Gasteiger partial charge in [-0.15, -0.1) is 0 Å². The monoisotopic (exact) mass is 334 g/mol. The molecule has 0 radical (unpaired) electrons. The number of hydrogen-bond donors (Lipinski definition) is 1. The summed E-state index contributed by atoms with van der Waals surface area (Å²) in [6.45, 7) is 4.94. The van der Waals surface area contributed by atoms with Crippen LogP contribution in [0.1, 0.15) is 24.5 Å². The molecule has 2 fully saturated rings. The lowest BCUT2D eigenvalue weighted by Crippen LogP contribution is -2.56. The minimum absolute atomic E-state index is 0.0970. The third-order valence-electron chi connectivity index (χ3n) is 4.80. The molecule has 0 unspecified atom stereocenters. The van der Waals surface area contributed by atoms with Crippen molar-refractivity contribution in [1.82, 2.24) is 20.1 Å². The number of aromatic nitrogens is 1. The molecule has 0 saturated carbocycles. The van der Waals surface area contributed by atoms with Gasteiger partial charge in [0.25, 0.3) is 0 Å². The molecule has 126 valence electrons. The van der Waals surface area contributed by atoms with Gasteiger partial charge in [0, 0.05) is 62.3 Å². The van der Waals surface area contributed by atoms with Gasteiger partial charge in [0.15, 0.2) is 0 Å². The normalized spacial score (nSPS) is 20.3. The SMILES string of the molecule is CSCCN1CCC(NC(=O)N2CC(c3ccccn3)C2)CC1. The Hall–Kier alpha value is -1.27. The van der Waals surface area contributed by atoms with E-state index in [1.54, 1.807) is 0 Å². The van der Waals surface area contributed by atoms with Gasteiger partial charge < -0.3 is 15.1 Å². The Labute approximate surface area is 142 Å². The van der Waals surface area contributed by atoms with E-state index in [4.69, 9.17) is 0 Å². The molecular formula is C17H26N4OS. The van der Waals surface area contributed by atoms with E-state index >= 15 is 0 Å². The van der Waals surface area contributed by atoms with Crippen LogP contribution in [0, 0.1) is 0 Å². The summed E-state index contributed by atoms with van der Waals surface area (Å²) in [6, 6.07) is 6.42. The van der Waals surface area contributed by atoms with Gasteiger partial charge in [-0.05, 0) is 31.2 Å². The Morgan fingerprint density at radius 3 is 2.78 bits per heavy atom. The first kappa shape index (κ1) is 16.6. The van der Waals surface area contributed by atoms with Crippen LogP contribution in [0.4, 0.5) is 4.79 Å². The summed E-state index contributed by atoms with van der Waals surface area (Å²) in [5.74, 6) is 1.59. The lowest BCUT2D eigenvalue weighted by atomic mass is 9.96. The minimum Gasteiger partial charge on any atom is -0.335 e. The van der Waals surface area contributed by atoms with Gasteiger partial charge in [0.05, 0.1) is 0 Å². The van der Waals surface area contributed by atoms with Crippen LogP contribution in [-0.2, 0) is 0 Å². The topological polar surface area (TPSA) is 48.5 Å². The van der Waals surface area contributed by atoms with Crippen molar-refractivity contribution in [1.29, 1.82) is 0 Å². The van der Waals surface area contributed by atoms with Crippen LogP contribution in [0.25, 0.3) is 0 Å². The van der Waals surface area contributed by atoms with E-state index in [-0.39, 0.29) is 6.03 Å². The van der Waals surface area contributed by atoms with Crippen molar-refractivity contribution < 1.29 is 4.79 Å². The molecule has 2 saturated heterocycles. The second-order valence-corrected chi connectivity index (χ2v) is 7.40. The highest BCUT2D eigenvalue weighted by Gasteiger charge is 2.33. The van der Waals surface area contributed by atoms with Crippen LogP contribution in [0.2, 0.25) is 0 Å². The van der Waals surface area contributed by atoms with Crippen molar-refractivity contribution in [2.24, 2.45) is 0 Å². The Balaban J connectivity index is 1.37. The molecule has 3 rings (SSSR count). The molecule has 0 atom stereocenters. The van der Waals surface area contributed by atoms with Gasteiger partial charge in [0.1, 0.15) is 0 Å². The molecule has 23 heavy (non-hydrogen) atoms. The van der Waals surface area contributed by atoms with Crippen molar-refractivity contribution >= 4 is 17.8 Å². The van der Waals surface area contributed by atoms with Crippen molar-refractivity contribution in [3.05, 3.63) is 30.1 Å². The van der Waals surface area contributed by atoms with Crippen molar-refractivity contribution in [3.63, 3.8) is 0 Å². The number of urea groups is 1. The van der Waals surface area contributed by atoms with Crippen molar-refractivity contribution in [2.45, 2.75) is 24.8 Å². The van der Waals surface area contributed by atoms with Gasteiger partial charge >= 0.3 is 6.03 Å². The Bertz CT molecular complexity index is 499. The number of hydrogen-bond acceptors (Lipinski definition) is 4. The molecular weight excluding hydrogens is 308 g/mol. The highest BCUT2D eigenvalue weighted by atomic mass is 32.2. The number of pyridine rings is 1. The number of likely N-dealkylation sites (tertiary alicyclic amines) is 2. The quantitative estimate of drug-likeness (QED) is 0.895. The highest BCUT2D eigenvalue weighted by molar-refractivity contribution is 7.98. The third kappa shape index (κ3) is 4.38. The molecule has 3 heterocycles. The molecule has 1 aromatic rings. The largest absolute Gasteiger partial charge is 0.335 e. The Kier molecular flexibility index (Phi) is 5.78. The minimum atomic E-state index is 0.0970. The summed E-state index contributed by atoms with van der Waals surface area (Å²) in [7, 11) is 0. The van der Waals surface area contributed by atoms with Crippen LogP contribution >= 0.6 is 11.8 Å². The fraction of sp³-hybridized carbons (Fsp3) is 0.647. The zero-order valence-corrected chi connectivity index (χ0v) is 14.6. The van der Waals surface area contributed by atoms with E-state index in [9.17, 15) is 4.79 Å². The smallest absolute Gasteiger partial charge is 0.317 e. The van der Waals surface area contributed by atoms with Crippen LogP contribution in [0.5, 0.6) is 0 Å². The molecule has 0 aliphatic carbocycles. The molecule has 5 nitrogen and oxygen atoms in total.